The molecule has 2 fully saturated rings. The molecule has 7 nitrogen and oxygen atoms in total. The third-order valence-electron chi connectivity index (χ3n) is 5.63. The minimum absolute atomic E-state index is 0.169. The van der Waals surface area contributed by atoms with Crippen LogP contribution in [0.15, 0.2) is 36.7 Å². The fourth-order valence-corrected chi connectivity index (χ4v) is 3.76. The van der Waals surface area contributed by atoms with Crippen molar-refractivity contribution in [3.63, 3.8) is 0 Å². The molecule has 28 heavy (non-hydrogen) atoms. The molecule has 2 N–H and O–H groups in total. The summed E-state index contributed by atoms with van der Waals surface area (Å²) in [5, 5.41) is 18.6. The highest BCUT2D eigenvalue weighted by Gasteiger charge is 2.23. The Morgan fingerprint density at radius 2 is 1.96 bits per heavy atom. The van der Waals surface area contributed by atoms with Gasteiger partial charge in [-0.15, -0.1) is 0 Å². The Balaban J connectivity index is 1.38. The van der Waals surface area contributed by atoms with Gasteiger partial charge in [-0.25, -0.2) is 9.67 Å². The summed E-state index contributed by atoms with van der Waals surface area (Å²) in [4.78, 5) is 9.03. The quantitative estimate of drug-likeness (QED) is 0.683. The van der Waals surface area contributed by atoms with Crippen molar-refractivity contribution in [3.8, 4) is 11.6 Å². The normalized spacial score (nSPS) is 22.3. The zero-order chi connectivity index (χ0) is 18.9. The molecule has 0 saturated heterocycles. The Bertz CT molecular complexity index is 960. The minimum atomic E-state index is -0.169. The lowest BCUT2D eigenvalue weighted by molar-refractivity contribution is 0.126. The van der Waals surface area contributed by atoms with Crippen molar-refractivity contribution >= 4 is 16.9 Å². The summed E-state index contributed by atoms with van der Waals surface area (Å²) >= 11 is 0. The van der Waals surface area contributed by atoms with E-state index >= 15 is 0 Å². The van der Waals surface area contributed by atoms with Crippen LogP contribution in [-0.4, -0.2) is 43.6 Å². The number of nitrogens with one attached hydrogen (secondary N) is 1. The number of hydrogen-bond donors (Lipinski definition) is 2. The molecule has 0 bridgehead atoms. The largest absolute Gasteiger partial charge is 0.493 e. The molecule has 0 amide bonds. The maximum atomic E-state index is 9.68. The van der Waals surface area contributed by atoms with Crippen molar-refractivity contribution in [1.29, 1.82) is 0 Å². The van der Waals surface area contributed by atoms with Gasteiger partial charge in [-0.3, -0.25) is 0 Å². The summed E-state index contributed by atoms with van der Waals surface area (Å²) < 4.78 is 7.84. The molecular weight excluding hydrogens is 354 g/mol. The maximum absolute atomic E-state index is 9.68. The molecule has 0 aliphatic heterocycles. The van der Waals surface area contributed by atoms with Gasteiger partial charge in [0.15, 0.2) is 5.82 Å². The summed E-state index contributed by atoms with van der Waals surface area (Å²) in [5.74, 6) is 2.91. The lowest BCUT2D eigenvalue weighted by Gasteiger charge is -2.26. The van der Waals surface area contributed by atoms with Crippen LogP contribution < -0.4 is 10.1 Å². The van der Waals surface area contributed by atoms with Gasteiger partial charge < -0.3 is 15.2 Å². The number of anilines is 1. The average molecular weight is 379 g/mol. The fourth-order valence-electron chi connectivity index (χ4n) is 3.76. The van der Waals surface area contributed by atoms with Gasteiger partial charge in [-0.2, -0.15) is 10.1 Å². The highest BCUT2D eigenvalue weighted by Crippen LogP contribution is 2.32. The first-order chi connectivity index (χ1) is 13.8. The molecule has 0 spiro atoms. The zero-order valence-corrected chi connectivity index (χ0v) is 15.8. The van der Waals surface area contributed by atoms with E-state index in [0.717, 1.165) is 54.8 Å². The highest BCUT2D eigenvalue weighted by atomic mass is 16.5. The van der Waals surface area contributed by atoms with Gasteiger partial charge >= 0.3 is 0 Å². The molecule has 3 aromatic rings. The van der Waals surface area contributed by atoms with Crippen LogP contribution in [0.1, 0.15) is 38.5 Å². The van der Waals surface area contributed by atoms with Gasteiger partial charge in [0.05, 0.1) is 29.8 Å². The monoisotopic (exact) mass is 379 g/mol. The van der Waals surface area contributed by atoms with Crippen molar-refractivity contribution < 1.29 is 9.84 Å². The van der Waals surface area contributed by atoms with E-state index in [2.05, 4.69) is 20.4 Å². The number of aliphatic hydroxyl groups is 1. The number of aliphatic hydroxyl groups excluding tert-OH is 1. The van der Waals surface area contributed by atoms with Crippen LogP contribution in [0.2, 0.25) is 0 Å². The van der Waals surface area contributed by atoms with E-state index < -0.39 is 0 Å². The molecule has 0 unspecified atom stereocenters. The Morgan fingerprint density at radius 3 is 2.79 bits per heavy atom. The van der Waals surface area contributed by atoms with Crippen LogP contribution in [0.25, 0.3) is 16.7 Å². The lowest BCUT2D eigenvalue weighted by Crippen LogP contribution is -2.29. The van der Waals surface area contributed by atoms with Gasteiger partial charge in [0, 0.05) is 18.3 Å². The number of aromatic nitrogens is 4. The molecule has 0 atom stereocenters. The maximum Gasteiger partial charge on any atom is 0.224 e. The van der Waals surface area contributed by atoms with E-state index in [1.165, 1.54) is 12.8 Å². The molecule has 2 aromatic heterocycles. The molecule has 2 heterocycles. The first-order valence-electron chi connectivity index (χ1n) is 10.1. The Hall–Kier alpha value is -2.67. The standard InChI is InChI=1S/C21H25N5O2/c27-16-8-6-15(7-9-16)24-21-22-11-10-20(25-21)26-18-2-1-3-19(17(18)12-23-26)28-13-14-4-5-14/h1-3,10-12,14-16,27H,4-9,13H2,(H,22,24,25). The van der Waals surface area contributed by atoms with E-state index in [4.69, 9.17) is 4.74 Å². The summed E-state index contributed by atoms with van der Waals surface area (Å²) in [6, 6.07) is 8.19. The van der Waals surface area contributed by atoms with Crippen LogP contribution in [0.3, 0.4) is 0 Å². The van der Waals surface area contributed by atoms with Gasteiger partial charge in [-0.05, 0) is 56.6 Å². The van der Waals surface area contributed by atoms with Gasteiger partial charge in [-0.1, -0.05) is 6.07 Å². The first-order valence-corrected chi connectivity index (χ1v) is 10.1. The van der Waals surface area contributed by atoms with Crippen LogP contribution >= 0.6 is 0 Å². The predicted molar refractivity (Wildman–Crippen MR) is 107 cm³/mol. The van der Waals surface area contributed by atoms with E-state index in [1.54, 1.807) is 6.20 Å². The molecule has 1 aromatic carbocycles. The Labute approximate surface area is 163 Å². The van der Waals surface area contributed by atoms with Gasteiger partial charge in [0.25, 0.3) is 0 Å². The fraction of sp³-hybridized carbons (Fsp3) is 0.476. The van der Waals surface area contributed by atoms with Crippen molar-refractivity contribution in [3.05, 3.63) is 36.7 Å². The lowest BCUT2D eigenvalue weighted by atomic mass is 9.93. The number of fused-ring (bicyclic) bond motifs is 1. The number of hydrogen-bond acceptors (Lipinski definition) is 6. The molecule has 2 saturated carbocycles. The van der Waals surface area contributed by atoms with Crippen molar-refractivity contribution in [2.24, 2.45) is 5.92 Å². The Morgan fingerprint density at radius 1 is 1.11 bits per heavy atom. The van der Waals surface area contributed by atoms with E-state index in [9.17, 15) is 5.11 Å². The first kappa shape index (κ1) is 17.4. The second-order valence-electron chi connectivity index (χ2n) is 7.89. The van der Waals surface area contributed by atoms with E-state index in [-0.39, 0.29) is 6.10 Å². The molecule has 2 aliphatic rings. The van der Waals surface area contributed by atoms with Crippen LogP contribution in [0.4, 0.5) is 5.95 Å². The summed E-state index contributed by atoms with van der Waals surface area (Å²) in [6.07, 6.45) is 9.48. The summed E-state index contributed by atoms with van der Waals surface area (Å²) in [6.45, 7) is 0.780. The van der Waals surface area contributed by atoms with E-state index in [0.29, 0.717) is 17.9 Å². The summed E-state index contributed by atoms with van der Waals surface area (Å²) in [5.41, 5.74) is 0.971. The zero-order valence-electron chi connectivity index (χ0n) is 15.8. The van der Waals surface area contributed by atoms with Crippen LogP contribution in [0.5, 0.6) is 5.75 Å². The van der Waals surface area contributed by atoms with Gasteiger partial charge in [0.1, 0.15) is 5.75 Å². The second kappa shape index (κ2) is 7.39. The van der Waals surface area contributed by atoms with Crippen LogP contribution in [-0.2, 0) is 0 Å². The molecule has 2 aliphatic carbocycles. The summed E-state index contributed by atoms with van der Waals surface area (Å²) in [7, 11) is 0. The number of nitrogens with zero attached hydrogens (tertiary/aromatic N) is 4. The van der Waals surface area contributed by atoms with Crippen molar-refractivity contribution in [2.75, 3.05) is 11.9 Å². The SMILES string of the molecule is OC1CCC(Nc2nccc(-n3ncc4c(OCC5CC5)cccc43)n2)CC1. The number of rotatable bonds is 6. The Kier molecular flexibility index (Phi) is 4.60. The molecule has 5 rings (SSSR count). The topological polar surface area (TPSA) is 85.1 Å². The molecule has 146 valence electrons. The van der Waals surface area contributed by atoms with E-state index in [1.807, 2.05) is 35.1 Å². The van der Waals surface area contributed by atoms with Crippen molar-refractivity contribution in [2.45, 2.75) is 50.7 Å². The predicted octanol–water partition coefficient (Wildman–Crippen LogP) is 3.32. The minimum Gasteiger partial charge on any atom is -0.493 e. The number of benzene rings is 1. The highest BCUT2D eigenvalue weighted by molar-refractivity contribution is 5.86. The van der Waals surface area contributed by atoms with Crippen molar-refractivity contribution in [1.82, 2.24) is 19.7 Å². The third kappa shape index (κ3) is 3.67. The smallest absolute Gasteiger partial charge is 0.224 e. The van der Waals surface area contributed by atoms with Crippen LogP contribution in [0, 0.1) is 5.92 Å². The molecule has 7 heteroatoms. The third-order valence-corrected chi connectivity index (χ3v) is 5.63. The number of ether oxygens (including phenoxy) is 1. The molecular formula is C21H25N5O2. The second-order valence-corrected chi connectivity index (χ2v) is 7.89. The van der Waals surface area contributed by atoms with Gasteiger partial charge in [0.2, 0.25) is 5.95 Å². The average Bonchev–Trinajstić information content (AvgIpc) is 3.45. The molecule has 0 radical (unpaired) electrons.